The SMILES string of the molecule is NC(=O)OCCNC(=O)NCCC(O)C(=O)O. The first-order valence-electron chi connectivity index (χ1n) is 4.78. The van der Waals surface area contributed by atoms with Crippen LogP contribution in [0.2, 0.25) is 0 Å². The summed E-state index contributed by atoms with van der Waals surface area (Å²) in [4.78, 5) is 31.4. The van der Waals surface area contributed by atoms with Gasteiger partial charge >= 0.3 is 18.1 Å². The molecule has 0 aromatic rings. The number of aliphatic carboxylic acids is 1. The molecule has 0 aliphatic carbocycles. The minimum absolute atomic E-state index is 0.00990. The van der Waals surface area contributed by atoms with Crippen LogP contribution < -0.4 is 16.4 Å². The maximum Gasteiger partial charge on any atom is 0.404 e. The van der Waals surface area contributed by atoms with Crippen LogP contribution in [0.1, 0.15) is 6.42 Å². The zero-order valence-electron chi connectivity index (χ0n) is 9.01. The van der Waals surface area contributed by atoms with Gasteiger partial charge in [0.15, 0.2) is 6.10 Å². The molecule has 0 bridgehead atoms. The van der Waals surface area contributed by atoms with Gasteiger partial charge in [-0.05, 0) is 0 Å². The Morgan fingerprint density at radius 3 is 2.35 bits per heavy atom. The normalized spacial score (nSPS) is 11.4. The summed E-state index contributed by atoms with van der Waals surface area (Å²) in [6, 6.07) is -0.560. The lowest BCUT2D eigenvalue weighted by atomic mass is 10.2. The lowest BCUT2D eigenvalue weighted by Crippen LogP contribution is -2.39. The Balaban J connectivity index is 3.47. The first kappa shape index (κ1) is 15.0. The van der Waals surface area contributed by atoms with Crippen LogP contribution in [0.15, 0.2) is 0 Å². The fourth-order valence-corrected chi connectivity index (χ4v) is 0.825. The number of rotatable bonds is 7. The number of hydrogen-bond acceptors (Lipinski definition) is 5. The molecular weight excluding hydrogens is 234 g/mol. The van der Waals surface area contributed by atoms with Crippen molar-refractivity contribution in [1.29, 1.82) is 0 Å². The van der Waals surface area contributed by atoms with Crippen LogP contribution in [0.25, 0.3) is 0 Å². The molecule has 0 aromatic heterocycles. The van der Waals surface area contributed by atoms with Crippen LogP contribution in [-0.2, 0) is 9.53 Å². The molecule has 9 nitrogen and oxygen atoms in total. The zero-order chi connectivity index (χ0) is 13.3. The number of carbonyl (C=O) groups is 3. The van der Waals surface area contributed by atoms with Gasteiger partial charge in [0, 0.05) is 13.0 Å². The summed E-state index contributed by atoms with van der Waals surface area (Å²) in [5.74, 6) is -1.35. The molecule has 17 heavy (non-hydrogen) atoms. The maximum atomic E-state index is 11.0. The van der Waals surface area contributed by atoms with Crippen molar-refractivity contribution >= 4 is 18.1 Å². The van der Waals surface area contributed by atoms with Crippen molar-refractivity contribution in [1.82, 2.24) is 10.6 Å². The van der Waals surface area contributed by atoms with Crippen LogP contribution in [0.4, 0.5) is 9.59 Å². The highest BCUT2D eigenvalue weighted by atomic mass is 16.5. The summed E-state index contributed by atoms with van der Waals surface area (Å²) in [5, 5.41) is 21.8. The summed E-state index contributed by atoms with van der Waals surface area (Å²) >= 11 is 0. The van der Waals surface area contributed by atoms with Gasteiger partial charge in [0.1, 0.15) is 6.61 Å². The number of aliphatic hydroxyl groups is 1. The summed E-state index contributed by atoms with van der Waals surface area (Å²) in [6.07, 6.45) is -2.54. The summed E-state index contributed by atoms with van der Waals surface area (Å²) in [5.41, 5.74) is 4.68. The molecule has 6 N–H and O–H groups in total. The molecule has 98 valence electrons. The standard InChI is InChI=1S/C8H15N3O6/c9-7(15)17-4-3-11-8(16)10-2-1-5(12)6(13)14/h5,12H,1-4H2,(H2,9,15)(H,13,14)(H2,10,11,16). The average Bonchev–Trinajstić information content (AvgIpc) is 2.23. The van der Waals surface area contributed by atoms with Gasteiger partial charge in [0.2, 0.25) is 0 Å². The second kappa shape index (κ2) is 8.16. The van der Waals surface area contributed by atoms with E-state index in [4.69, 9.17) is 10.2 Å². The Morgan fingerprint density at radius 2 is 1.82 bits per heavy atom. The first-order valence-corrected chi connectivity index (χ1v) is 4.78. The van der Waals surface area contributed by atoms with Gasteiger partial charge in [-0.2, -0.15) is 0 Å². The van der Waals surface area contributed by atoms with Crippen LogP contribution in [0.5, 0.6) is 0 Å². The van der Waals surface area contributed by atoms with E-state index in [1.54, 1.807) is 0 Å². The molecular formula is C8H15N3O6. The average molecular weight is 249 g/mol. The van der Waals surface area contributed by atoms with Gasteiger partial charge in [0.25, 0.3) is 0 Å². The van der Waals surface area contributed by atoms with E-state index in [0.29, 0.717) is 0 Å². The fraction of sp³-hybridized carbons (Fsp3) is 0.625. The van der Waals surface area contributed by atoms with E-state index < -0.39 is 24.2 Å². The number of hydrogen-bond donors (Lipinski definition) is 5. The van der Waals surface area contributed by atoms with Crippen LogP contribution in [0.3, 0.4) is 0 Å². The molecule has 0 fully saturated rings. The molecule has 0 saturated heterocycles. The Hall–Kier alpha value is -2.03. The number of carbonyl (C=O) groups excluding carboxylic acids is 2. The largest absolute Gasteiger partial charge is 0.479 e. The van der Waals surface area contributed by atoms with Gasteiger partial charge < -0.3 is 31.3 Å². The predicted molar refractivity (Wildman–Crippen MR) is 55.2 cm³/mol. The Bertz CT molecular complexity index is 282. The molecule has 9 heteroatoms. The molecule has 0 aromatic carbocycles. The fourth-order valence-electron chi connectivity index (χ4n) is 0.825. The number of carboxylic acid groups (broad SMARTS) is 1. The predicted octanol–water partition coefficient (Wildman–Crippen LogP) is -1.78. The van der Waals surface area contributed by atoms with E-state index >= 15 is 0 Å². The van der Waals surface area contributed by atoms with Crippen LogP contribution in [0, 0.1) is 0 Å². The molecule has 3 amide bonds. The lowest BCUT2D eigenvalue weighted by molar-refractivity contribution is -0.146. The highest BCUT2D eigenvalue weighted by Gasteiger charge is 2.12. The van der Waals surface area contributed by atoms with Crippen molar-refractivity contribution < 1.29 is 29.3 Å². The summed E-state index contributed by atoms with van der Waals surface area (Å²) < 4.78 is 4.35. The van der Waals surface area contributed by atoms with Crippen molar-refractivity contribution in [2.24, 2.45) is 5.73 Å². The van der Waals surface area contributed by atoms with Gasteiger partial charge in [-0.15, -0.1) is 0 Å². The third-order valence-corrected chi connectivity index (χ3v) is 1.62. The highest BCUT2D eigenvalue weighted by molar-refractivity contribution is 5.74. The molecule has 0 saturated carbocycles. The smallest absolute Gasteiger partial charge is 0.404 e. The van der Waals surface area contributed by atoms with Gasteiger partial charge in [-0.3, -0.25) is 0 Å². The minimum Gasteiger partial charge on any atom is -0.479 e. The van der Waals surface area contributed by atoms with Crippen LogP contribution in [-0.4, -0.2) is 54.1 Å². The Kier molecular flexibility index (Phi) is 7.19. The number of urea groups is 1. The number of amides is 3. The van der Waals surface area contributed by atoms with Gasteiger partial charge in [-0.1, -0.05) is 0 Å². The summed E-state index contributed by atoms with van der Waals surface area (Å²) in [6.45, 7) is 0.0345. The molecule has 0 rings (SSSR count). The number of nitrogens with one attached hydrogen (secondary N) is 2. The molecule has 1 unspecified atom stereocenters. The minimum atomic E-state index is -1.51. The van der Waals surface area contributed by atoms with E-state index in [-0.39, 0.29) is 26.1 Å². The molecule has 0 radical (unpaired) electrons. The lowest BCUT2D eigenvalue weighted by Gasteiger charge is -2.08. The second-order valence-electron chi connectivity index (χ2n) is 2.99. The molecule has 1 atom stereocenters. The number of ether oxygens (including phenoxy) is 1. The quantitative estimate of drug-likeness (QED) is 0.336. The molecule has 0 spiro atoms. The number of aliphatic hydroxyl groups excluding tert-OH is 1. The monoisotopic (exact) mass is 249 g/mol. The van der Waals surface area contributed by atoms with Crippen LogP contribution >= 0.6 is 0 Å². The second-order valence-corrected chi connectivity index (χ2v) is 2.99. The van der Waals surface area contributed by atoms with E-state index in [1.807, 2.05) is 0 Å². The van der Waals surface area contributed by atoms with E-state index in [9.17, 15) is 14.4 Å². The Morgan fingerprint density at radius 1 is 1.24 bits per heavy atom. The van der Waals surface area contributed by atoms with Crippen molar-refractivity contribution in [3.8, 4) is 0 Å². The van der Waals surface area contributed by atoms with E-state index in [0.717, 1.165) is 0 Å². The third-order valence-electron chi connectivity index (χ3n) is 1.62. The van der Waals surface area contributed by atoms with Crippen molar-refractivity contribution in [2.75, 3.05) is 19.7 Å². The van der Waals surface area contributed by atoms with Gasteiger partial charge in [-0.25, -0.2) is 14.4 Å². The Labute approximate surface area is 96.9 Å². The maximum absolute atomic E-state index is 11.0. The van der Waals surface area contributed by atoms with E-state index in [1.165, 1.54) is 0 Å². The van der Waals surface area contributed by atoms with Crippen molar-refractivity contribution in [3.05, 3.63) is 0 Å². The van der Waals surface area contributed by atoms with Crippen molar-refractivity contribution in [2.45, 2.75) is 12.5 Å². The number of primary amides is 1. The van der Waals surface area contributed by atoms with Crippen molar-refractivity contribution in [3.63, 3.8) is 0 Å². The molecule has 0 heterocycles. The molecule has 0 aliphatic heterocycles. The first-order chi connectivity index (χ1) is 7.93. The van der Waals surface area contributed by atoms with E-state index in [2.05, 4.69) is 21.1 Å². The zero-order valence-corrected chi connectivity index (χ0v) is 9.01. The summed E-state index contributed by atoms with van der Waals surface area (Å²) in [7, 11) is 0. The third kappa shape index (κ3) is 8.93. The number of carboxylic acids is 1. The highest BCUT2D eigenvalue weighted by Crippen LogP contribution is 1.88. The van der Waals surface area contributed by atoms with Gasteiger partial charge in [0.05, 0.1) is 6.54 Å². The topological polar surface area (TPSA) is 151 Å². The number of nitrogens with two attached hydrogens (primary N) is 1. The molecule has 0 aliphatic rings.